The summed E-state index contributed by atoms with van der Waals surface area (Å²) in [5.41, 5.74) is 2.89. The smallest absolute Gasteiger partial charge is 0.326 e. The Morgan fingerprint density at radius 1 is 1.18 bits per heavy atom. The van der Waals surface area contributed by atoms with Crippen LogP contribution >= 0.6 is 34.4 Å². The first kappa shape index (κ1) is 26.1. The minimum absolute atomic E-state index is 0.231. The fourth-order valence-corrected chi connectivity index (χ4v) is 4.87. The van der Waals surface area contributed by atoms with Crippen LogP contribution in [0.2, 0.25) is 0 Å². The van der Waals surface area contributed by atoms with Crippen LogP contribution in [0, 0.1) is 10.5 Å². The molecule has 180 valence electrons. The van der Waals surface area contributed by atoms with Gasteiger partial charge in [0.15, 0.2) is 11.5 Å². The third-order valence-electron chi connectivity index (χ3n) is 4.62. The Morgan fingerprint density at radius 3 is 2.62 bits per heavy atom. The lowest BCUT2D eigenvalue weighted by atomic mass is 10.1. The van der Waals surface area contributed by atoms with Gasteiger partial charge in [-0.2, -0.15) is 0 Å². The van der Waals surface area contributed by atoms with E-state index in [1.165, 1.54) is 0 Å². The Bertz CT molecular complexity index is 1130. The zero-order valence-electron chi connectivity index (χ0n) is 19.4. The van der Waals surface area contributed by atoms with Crippen molar-refractivity contribution in [2.45, 2.75) is 40.4 Å². The summed E-state index contributed by atoms with van der Waals surface area (Å²) < 4.78 is 17.7. The molecule has 2 amide bonds. The average molecular weight is 595 g/mol. The van der Waals surface area contributed by atoms with E-state index in [0.717, 1.165) is 31.4 Å². The molecule has 0 spiro atoms. The third kappa shape index (κ3) is 6.75. The number of amides is 2. The number of esters is 1. The van der Waals surface area contributed by atoms with Crippen molar-refractivity contribution < 1.29 is 28.6 Å². The van der Waals surface area contributed by atoms with Crippen molar-refractivity contribution in [1.29, 1.82) is 0 Å². The normalized spacial score (nSPS) is 14.8. The molecule has 1 saturated heterocycles. The third-order valence-corrected chi connectivity index (χ3v) is 6.33. The van der Waals surface area contributed by atoms with Gasteiger partial charge in [0.05, 0.1) is 21.2 Å². The van der Waals surface area contributed by atoms with Crippen molar-refractivity contribution in [2.24, 2.45) is 0 Å². The molecule has 0 aromatic heterocycles. The second kappa shape index (κ2) is 11.7. The summed E-state index contributed by atoms with van der Waals surface area (Å²) in [4.78, 5) is 38.1. The molecule has 34 heavy (non-hydrogen) atoms. The predicted octanol–water partition coefficient (Wildman–Crippen LogP) is 5.57. The van der Waals surface area contributed by atoms with Crippen LogP contribution < -0.4 is 9.47 Å². The van der Waals surface area contributed by atoms with E-state index < -0.39 is 23.7 Å². The Morgan fingerprint density at radius 2 is 1.94 bits per heavy atom. The van der Waals surface area contributed by atoms with Crippen LogP contribution in [0.4, 0.5) is 4.79 Å². The molecule has 3 rings (SSSR count). The maximum atomic E-state index is 12.7. The Hall–Kier alpha value is -2.53. The molecule has 1 aliphatic heterocycles. The number of hydrogen-bond donors (Lipinski definition) is 0. The number of carbonyl (C=O) groups is 3. The second-order valence-corrected chi connectivity index (χ2v) is 10.0. The fourth-order valence-electron chi connectivity index (χ4n) is 3.25. The topological polar surface area (TPSA) is 82.1 Å². The van der Waals surface area contributed by atoms with Crippen molar-refractivity contribution >= 4 is 57.5 Å². The molecule has 1 aliphatic rings. The number of nitrogens with zero attached hydrogens (tertiary/aromatic N) is 1. The van der Waals surface area contributed by atoms with E-state index in [2.05, 4.69) is 28.7 Å². The molecule has 7 nitrogen and oxygen atoms in total. The Balaban J connectivity index is 1.81. The number of thioether (sulfide) groups is 1. The lowest BCUT2D eigenvalue weighted by Gasteiger charge is -2.15. The molecule has 0 saturated carbocycles. The Kier molecular flexibility index (Phi) is 9.01. The van der Waals surface area contributed by atoms with E-state index in [1.54, 1.807) is 26.0 Å². The van der Waals surface area contributed by atoms with E-state index in [0.29, 0.717) is 30.3 Å². The highest BCUT2D eigenvalue weighted by Crippen LogP contribution is 2.38. The molecule has 0 aliphatic carbocycles. The predicted molar refractivity (Wildman–Crippen MR) is 140 cm³/mol. The summed E-state index contributed by atoms with van der Waals surface area (Å²) >= 11 is 2.96. The molecule has 9 heteroatoms. The first-order chi connectivity index (χ1) is 16.2. The number of ether oxygens (including phenoxy) is 3. The lowest BCUT2D eigenvalue weighted by Crippen LogP contribution is -2.35. The summed E-state index contributed by atoms with van der Waals surface area (Å²) in [7, 11) is 0. The highest BCUT2D eigenvalue weighted by atomic mass is 127. The molecule has 0 atom stereocenters. The molecule has 2 aromatic carbocycles. The maximum Gasteiger partial charge on any atom is 0.326 e. The van der Waals surface area contributed by atoms with Crippen LogP contribution in [-0.2, 0) is 20.9 Å². The van der Waals surface area contributed by atoms with Gasteiger partial charge < -0.3 is 14.2 Å². The zero-order valence-corrected chi connectivity index (χ0v) is 22.4. The molecule has 0 radical (unpaired) electrons. The largest absolute Gasteiger partial charge is 0.490 e. The van der Waals surface area contributed by atoms with Crippen molar-refractivity contribution in [2.75, 3.05) is 13.2 Å². The number of rotatable bonds is 9. The molecule has 0 unspecified atom stereocenters. The number of hydrogen-bond acceptors (Lipinski definition) is 7. The minimum Gasteiger partial charge on any atom is -0.490 e. The van der Waals surface area contributed by atoms with Gasteiger partial charge in [0.2, 0.25) is 0 Å². The number of benzene rings is 2. The summed E-state index contributed by atoms with van der Waals surface area (Å²) in [6.45, 7) is 7.74. The molecule has 0 bridgehead atoms. The van der Waals surface area contributed by atoms with Crippen LogP contribution in [0.25, 0.3) is 6.08 Å². The monoisotopic (exact) mass is 595 g/mol. The maximum absolute atomic E-state index is 12.7. The molecule has 2 aromatic rings. The van der Waals surface area contributed by atoms with Gasteiger partial charge in [0.25, 0.3) is 11.1 Å². The van der Waals surface area contributed by atoms with Gasteiger partial charge in [-0.15, -0.1) is 0 Å². The second-order valence-electron chi connectivity index (χ2n) is 7.85. The van der Waals surface area contributed by atoms with Gasteiger partial charge in [0, 0.05) is 0 Å². The standard InChI is InChI=1S/C25H26INO6S/c1-5-31-20-11-18(10-19(26)23(20)32-14-17-8-6-7-16(4)9-17)12-21-24(29)27(25(30)34-21)13-22(28)33-15(2)3/h6-12,15H,5,13-14H2,1-4H3/b21-12+. The number of carbonyl (C=O) groups excluding carboxylic acids is 3. The highest BCUT2D eigenvalue weighted by Gasteiger charge is 2.36. The average Bonchev–Trinajstić information content (AvgIpc) is 3.00. The summed E-state index contributed by atoms with van der Waals surface area (Å²) in [6.07, 6.45) is 1.29. The zero-order chi connectivity index (χ0) is 24.8. The van der Waals surface area contributed by atoms with Crippen molar-refractivity contribution in [3.05, 3.63) is 61.6 Å². The number of halogens is 1. The van der Waals surface area contributed by atoms with Crippen molar-refractivity contribution in [3.63, 3.8) is 0 Å². The highest BCUT2D eigenvalue weighted by molar-refractivity contribution is 14.1. The van der Waals surface area contributed by atoms with Crippen molar-refractivity contribution in [1.82, 2.24) is 4.90 Å². The van der Waals surface area contributed by atoms with E-state index >= 15 is 0 Å². The lowest BCUT2D eigenvalue weighted by molar-refractivity contribution is -0.149. The summed E-state index contributed by atoms with van der Waals surface area (Å²) in [5.74, 6) is 0.0176. The van der Waals surface area contributed by atoms with Gasteiger partial charge in [-0.05, 0) is 91.4 Å². The SMILES string of the molecule is CCOc1cc(/C=C2/SC(=O)N(CC(=O)OC(C)C)C2=O)cc(I)c1OCc1cccc(C)c1. The van der Waals surface area contributed by atoms with Gasteiger partial charge >= 0.3 is 5.97 Å². The van der Waals surface area contributed by atoms with Crippen LogP contribution in [0.1, 0.15) is 37.5 Å². The van der Waals surface area contributed by atoms with Gasteiger partial charge in [-0.25, -0.2) is 0 Å². The van der Waals surface area contributed by atoms with Gasteiger partial charge in [-0.1, -0.05) is 29.8 Å². The van der Waals surface area contributed by atoms with E-state index in [4.69, 9.17) is 14.2 Å². The molecule has 1 fully saturated rings. The van der Waals surface area contributed by atoms with Gasteiger partial charge in [0.1, 0.15) is 13.2 Å². The fraction of sp³-hybridized carbons (Fsp3) is 0.320. The number of aryl methyl sites for hydroxylation is 1. The van der Waals surface area contributed by atoms with E-state index in [1.807, 2.05) is 38.1 Å². The van der Waals surface area contributed by atoms with E-state index in [-0.39, 0.29) is 11.0 Å². The molecule has 1 heterocycles. The van der Waals surface area contributed by atoms with Gasteiger partial charge in [-0.3, -0.25) is 19.3 Å². The first-order valence-electron chi connectivity index (χ1n) is 10.8. The van der Waals surface area contributed by atoms with Crippen molar-refractivity contribution in [3.8, 4) is 11.5 Å². The Labute approximate surface area is 217 Å². The number of imide groups is 1. The minimum atomic E-state index is -0.623. The van der Waals surface area contributed by atoms with E-state index in [9.17, 15) is 14.4 Å². The van der Waals surface area contributed by atoms with Crippen LogP contribution in [-0.4, -0.2) is 41.3 Å². The molecular formula is C25H26INO6S. The summed E-state index contributed by atoms with van der Waals surface area (Å²) in [5, 5.41) is -0.505. The van der Waals surface area contributed by atoms with Crippen LogP contribution in [0.5, 0.6) is 11.5 Å². The summed E-state index contributed by atoms with van der Waals surface area (Å²) in [6, 6.07) is 11.7. The molecule has 0 N–H and O–H groups in total. The molecular weight excluding hydrogens is 569 g/mol. The first-order valence-corrected chi connectivity index (χ1v) is 12.7. The van der Waals surface area contributed by atoms with Crippen LogP contribution in [0.3, 0.4) is 0 Å². The quantitative estimate of drug-likeness (QED) is 0.213. The van der Waals surface area contributed by atoms with Crippen LogP contribution in [0.15, 0.2) is 41.3 Å².